The van der Waals surface area contributed by atoms with E-state index < -0.39 is 11.7 Å². The second kappa shape index (κ2) is 5.82. The van der Waals surface area contributed by atoms with Gasteiger partial charge in [-0.3, -0.25) is 0 Å². The fourth-order valence-corrected chi connectivity index (χ4v) is 2.35. The Morgan fingerprint density at radius 1 is 1.16 bits per heavy atom. The van der Waals surface area contributed by atoms with Gasteiger partial charge in [0.25, 0.3) is 0 Å². The Bertz CT molecular complexity index is 396. The van der Waals surface area contributed by atoms with Gasteiger partial charge in [0.15, 0.2) is 0 Å². The topological polar surface area (TPSA) is 21.3 Å². The van der Waals surface area contributed by atoms with Gasteiger partial charge in [-0.15, -0.1) is 0 Å². The zero-order valence-electron chi connectivity index (χ0n) is 10.8. The molecule has 1 N–H and O–H groups in total. The van der Waals surface area contributed by atoms with Crippen LogP contribution in [0.5, 0.6) is 0 Å². The van der Waals surface area contributed by atoms with Gasteiger partial charge >= 0.3 is 6.18 Å². The van der Waals surface area contributed by atoms with Crippen molar-refractivity contribution in [3.05, 3.63) is 29.8 Å². The van der Waals surface area contributed by atoms with Gasteiger partial charge in [0.05, 0.1) is 5.56 Å². The van der Waals surface area contributed by atoms with Crippen molar-refractivity contribution in [2.75, 3.05) is 18.5 Å². The van der Waals surface area contributed by atoms with Crippen LogP contribution in [0.1, 0.15) is 25.3 Å². The van der Waals surface area contributed by atoms with E-state index in [1.807, 2.05) is 0 Å². The van der Waals surface area contributed by atoms with Gasteiger partial charge in [0.2, 0.25) is 0 Å². The molecule has 0 aliphatic carbocycles. The lowest BCUT2D eigenvalue weighted by molar-refractivity contribution is -0.137. The average molecular weight is 273 g/mol. The fourth-order valence-electron chi connectivity index (χ4n) is 2.35. The molecule has 0 spiro atoms. The lowest BCUT2D eigenvalue weighted by atomic mass is 9.93. The molecule has 0 radical (unpaired) electrons. The van der Waals surface area contributed by atoms with Gasteiger partial charge in [-0.1, -0.05) is 0 Å². The summed E-state index contributed by atoms with van der Waals surface area (Å²) in [5.74, 6) is 0.510. The van der Waals surface area contributed by atoms with Crippen molar-refractivity contribution in [1.29, 1.82) is 0 Å². The summed E-state index contributed by atoms with van der Waals surface area (Å²) < 4.78 is 42.6. The van der Waals surface area contributed by atoms with E-state index >= 15 is 0 Å². The Morgan fingerprint density at radius 3 is 2.26 bits per heavy atom. The molecule has 0 bridgehead atoms. The summed E-state index contributed by atoms with van der Waals surface area (Å²) in [4.78, 5) is 0. The number of hydrogen-bond donors (Lipinski definition) is 1. The Kier molecular flexibility index (Phi) is 4.34. The lowest BCUT2D eigenvalue weighted by Gasteiger charge is -2.29. The summed E-state index contributed by atoms with van der Waals surface area (Å²) in [5.41, 5.74) is 0.115. The summed E-state index contributed by atoms with van der Waals surface area (Å²) in [6, 6.07) is 5.43. The maximum absolute atomic E-state index is 12.4. The Morgan fingerprint density at radius 2 is 1.74 bits per heavy atom. The van der Waals surface area contributed by atoms with Gasteiger partial charge in [0, 0.05) is 24.9 Å². The molecule has 1 aliphatic rings. The quantitative estimate of drug-likeness (QED) is 0.901. The second-order valence-corrected chi connectivity index (χ2v) is 4.96. The van der Waals surface area contributed by atoms with Crippen molar-refractivity contribution in [3.63, 3.8) is 0 Å². The van der Waals surface area contributed by atoms with Crippen LogP contribution < -0.4 is 5.32 Å². The lowest BCUT2D eigenvalue weighted by Crippen LogP contribution is -2.30. The second-order valence-electron chi connectivity index (χ2n) is 4.96. The normalized spacial score (nSPS) is 19.2. The summed E-state index contributed by atoms with van der Waals surface area (Å²) in [6.07, 6.45) is -2.28. The third kappa shape index (κ3) is 3.86. The molecule has 106 valence electrons. The molecular formula is C14H18F3NO. The first-order valence-electron chi connectivity index (χ1n) is 6.48. The Balaban J connectivity index is 1.95. The van der Waals surface area contributed by atoms with Crippen LogP contribution in [0.15, 0.2) is 24.3 Å². The highest BCUT2D eigenvalue weighted by Crippen LogP contribution is 2.30. The predicted octanol–water partition coefficient (Wildman–Crippen LogP) is 3.93. The van der Waals surface area contributed by atoms with Crippen molar-refractivity contribution >= 4 is 5.69 Å². The first-order valence-corrected chi connectivity index (χ1v) is 6.48. The molecule has 1 unspecified atom stereocenters. The van der Waals surface area contributed by atoms with Crippen LogP contribution in [0.2, 0.25) is 0 Å². The Hall–Kier alpha value is -1.23. The van der Waals surface area contributed by atoms with E-state index in [4.69, 9.17) is 4.74 Å². The molecule has 19 heavy (non-hydrogen) atoms. The summed E-state index contributed by atoms with van der Waals surface area (Å²) in [6.45, 7) is 3.60. The van der Waals surface area contributed by atoms with Crippen molar-refractivity contribution in [2.24, 2.45) is 5.92 Å². The van der Waals surface area contributed by atoms with Crippen molar-refractivity contribution in [1.82, 2.24) is 0 Å². The molecule has 1 atom stereocenters. The monoisotopic (exact) mass is 273 g/mol. The van der Waals surface area contributed by atoms with E-state index in [1.165, 1.54) is 12.1 Å². The van der Waals surface area contributed by atoms with Gasteiger partial charge in [-0.05, 0) is 49.9 Å². The molecule has 2 rings (SSSR count). The molecular weight excluding hydrogens is 255 g/mol. The van der Waals surface area contributed by atoms with Crippen molar-refractivity contribution in [3.8, 4) is 0 Å². The van der Waals surface area contributed by atoms with E-state index in [2.05, 4.69) is 12.2 Å². The highest BCUT2D eigenvalue weighted by atomic mass is 19.4. The zero-order valence-corrected chi connectivity index (χ0v) is 10.8. The first kappa shape index (κ1) is 14.2. The number of nitrogens with one attached hydrogen (secondary N) is 1. The minimum Gasteiger partial charge on any atom is -0.382 e. The van der Waals surface area contributed by atoms with Crippen LogP contribution in [0.3, 0.4) is 0 Å². The molecule has 1 saturated heterocycles. The molecule has 5 heteroatoms. The fraction of sp³-hybridized carbons (Fsp3) is 0.571. The first-order chi connectivity index (χ1) is 8.97. The molecule has 1 aromatic rings. The molecule has 1 fully saturated rings. The minimum atomic E-state index is -4.27. The van der Waals surface area contributed by atoms with E-state index in [9.17, 15) is 13.2 Å². The van der Waals surface area contributed by atoms with Gasteiger partial charge < -0.3 is 10.1 Å². The molecule has 0 saturated carbocycles. The highest BCUT2D eigenvalue weighted by Gasteiger charge is 2.30. The number of rotatable bonds is 3. The van der Waals surface area contributed by atoms with Crippen molar-refractivity contribution < 1.29 is 17.9 Å². The molecule has 0 amide bonds. The SMILES string of the molecule is CC(Nc1ccc(C(F)(F)F)cc1)C1CCOCC1. The highest BCUT2D eigenvalue weighted by molar-refractivity contribution is 5.46. The molecule has 1 aromatic carbocycles. The van der Waals surface area contributed by atoms with Crippen LogP contribution in [0.4, 0.5) is 18.9 Å². The summed E-state index contributed by atoms with van der Waals surface area (Å²) >= 11 is 0. The number of halogens is 3. The number of ether oxygens (including phenoxy) is 1. The zero-order chi connectivity index (χ0) is 13.9. The smallest absolute Gasteiger partial charge is 0.382 e. The van der Waals surface area contributed by atoms with E-state index in [1.54, 1.807) is 0 Å². The third-order valence-electron chi connectivity index (χ3n) is 3.58. The van der Waals surface area contributed by atoms with Crippen LogP contribution in [0.25, 0.3) is 0 Å². The maximum atomic E-state index is 12.4. The molecule has 2 nitrogen and oxygen atoms in total. The number of alkyl halides is 3. The number of hydrogen-bond acceptors (Lipinski definition) is 2. The van der Waals surface area contributed by atoms with E-state index in [-0.39, 0.29) is 6.04 Å². The third-order valence-corrected chi connectivity index (χ3v) is 3.58. The standard InChI is InChI=1S/C14H18F3NO/c1-10(11-6-8-19-9-7-11)18-13-4-2-12(3-5-13)14(15,16)17/h2-5,10-11,18H,6-9H2,1H3. The molecule has 1 aliphatic heterocycles. The Labute approximate surface area is 111 Å². The number of anilines is 1. The van der Waals surface area contributed by atoms with Gasteiger partial charge in [-0.25, -0.2) is 0 Å². The average Bonchev–Trinajstić information content (AvgIpc) is 2.39. The minimum absolute atomic E-state index is 0.237. The van der Waals surface area contributed by atoms with E-state index in [0.29, 0.717) is 5.92 Å². The van der Waals surface area contributed by atoms with Crippen molar-refractivity contribution in [2.45, 2.75) is 32.0 Å². The molecule has 1 heterocycles. The number of benzene rings is 1. The van der Waals surface area contributed by atoms with Gasteiger partial charge in [-0.2, -0.15) is 13.2 Å². The van der Waals surface area contributed by atoms with Crippen LogP contribution >= 0.6 is 0 Å². The largest absolute Gasteiger partial charge is 0.416 e. The predicted molar refractivity (Wildman–Crippen MR) is 68.1 cm³/mol. The van der Waals surface area contributed by atoms with Crippen LogP contribution in [-0.2, 0) is 10.9 Å². The van der Waals surface area contributed by atoms with Gasteiger partial charge in [0.1, 0.15) is 0 Å². The van der Waals surface area contributed by atoms with E-state index in [0.717, 1.165) is 43.9 Å². The summed E-state index contributed by atoms with van der Waals surface area (Å²) in [7, 11) is 0. The van der Waals surface area contributed by atoms with Crippen LogP contribution in [0, 0.1) is 5.92 Å². The summed E-state index contributed by atoms with van der Waals surface area (Å²) in [5, 5.41) is 3.27. The van der Waals surface area contributed by atoms with Crippen LogP contribution in [-0.4, -0.2) is 19.3 Å². The molecule has 0 aromatic heterocycles. The maximum Gasteiger partial charge on any atom is 0.416 e.